The van der Waals surface area contributed by atoms with Gasteiger partial charge in [0.2, 0.25) is 15.9 Å². The van der Waals surface area contributed by atoms with Gasteiger partial charge < -0.3 is 15.0 Å². The van der Waals surface area contributed by atoms with Crippen LogP contribution in [-0.4, -0.2) is 57.2 Å². The highest BCUT2D eigenvalue weighted by Crippen LogP contribution is 2.34. The van der Waals surface area contributed by atoms with Crippen LogP contribution in [0.15, 0.2) is 52.3 Å². The molecule has 2 aliphatic rings. The second kappa shape index (κ2) is 10.1. The molecule has 1 fully saturated rings. The fourth-order valence-electron chi connectivity index (χ4n) is 4.07. The summed E-state index contributed by atoms with van der Waals surface area (Å²) in [7, 11) is -3.70. The van der Waals surface area contributed by atoms with Crippen LogP contribution < -0.4 is 15.0 Å². The number of benzene rings is 2. The number of hydrogen-bond acceptors (Lipinski definition) is 6. The predicted octanol–water partition coefficient (Wildman–Crippen LogP) is 3.81. The van der Waals surface area contributed by atoms with E-state index in [9.17, 15) is 13.2 Å². The number of nitrogens with zero attached hydrogens (tertiary/aromatic N) is 2. The van der Waals surface area contributed by atoms with E-state index >= 15 is 0 Å². The first-order chi connectivity index (χ1) is 15.5. The normalized spacial score (nSPS) is 17.0. The molecule has 0 saturated carbocycles. The average Bonchev–Trinajstić information content (AvgIpc) is 2.81. The molecule has 1 saturated heterocycles. The van der Waals surface area contributed by atoms with Crippen LogP contribution in [0.3, 0.4) is 0 Å². The number of carbonyl (C=O) groups excluding carboxylic acids is 1. The molecule has 2 heterocycles. The number of thioether (sulfide) groups is 1. The van der Waals surface area contributed by atoms with Crippen LogP contribution >= 0.6 is 11.8 Å². The second-order valence-electron chi connectivity index (χ2n) is 7.85. The van der Waals surface area contributed by atoms with Crippen LogP contribution in [0.25, 0.3) is 0 Å². The van der Waals surface area contributed by atoms with Gasteiger partial charge in [-0.15, -0.1) is 11.8 Å². The first-order valence-electron chi connectivity index (χ1n) is 11.0. The number of nitrogens with one attached hydrogen (secondary N) is 1. The highest BCUT2D eigenvalue weighted by atomic mass is 32.2. The van der Waals surface area contributed by atoms with Crippen LogP contribution in [-0.2, 0) is 14.8 Å². The molecule has 1 amide bonds. The number of fused-ring (bicyclic) bond motifs is 1. The Balaban J connectivity index is 1.53. The van der Waals surface area contributed by atoms with Crippen LogP contribution in [0, 0.1) is 0 Å². The van der Waals surface area contributed by atoms with Crippen molar-refractivity contribution in [3.05, 3.63) is 42.5 Å². The standard InChI is InChI=1S/C23H29N3O4S2/c1-2-30-20-11-10-18(16-22(20)32(28,29)26-12-6-3-7-13-26)24-23(27)17-25-14-15-31-21-9-5-4-8-19(21)25/h4-5,8-11,16H,2-3,6-7,12-15,17H2,1H3,(H,24,27). The summed E-state index contributed by atoms with van der Waals surface area (Å²) < 4.78 is 33.7. The number of anilines is 2. The maximum Gasteiger partial charge on any atom is 0.246 e. The number of piperidine rings is 1. The van der Waals surface area contributed by atoms with Gasteiger partial charge in [0.15, 0.2) is 0 Å². The van der Waals surface area contributed by atoms with Gasteiger partial charge in [-0.25, -0.2) is 8.42 Å². The van der Waals surface area contributed by atoms with E-state index in [4.69, 9.17) is 4.74 Å². The van der Waals surface area contributed by atoms with E-state index in [-0.39, 0.29) is 17.3 Å². The lowest BCUT2D eigenvalue weighted by molar-refractivity contribution is -0.115. The zero-order chi connectivity index (χ0) is 22.6. The van der Waals surface area contributed by atoms with Crippen molar-refractivity contribution in [2.24, 2.45) is 0 Å². The van der Waals surface area contributed by atoms with Crippen LogP contribution in [0.4, 0.5) is 11.4 Å². The molecule has 2 aromatic rings. The number of amides is 1. The van der Waals surface area contributed by atoms with Crippen LogP contribution in [0.2, 0.25) is 0 Å². The number of rotatable bonds is 7. The smallest absolute Gasteiger partial charge is 0.246 e. The largest absolute Gasteiger partial charge is 0.492 e. The molecule has 172 valence electrons. The fourth-order valence-corrected chi connectivity index (χ4v) is 6.80. The molecular formula is C23H29N3O4S2. The second-order valence-corrected chi connectivity index (χ2v) is 10.9. The van der Waals surface area contributed by atoms with Crippen LogP contribution in [0.1, 0.15) is 26.2 Å². The summed E-state index contributed by atoms with van der Waals surface area (Å²) in [6.07, 6.45) is 2.75. The molecular weight excluding hydrogens is 446 g/mol. The Kier molecular flexibility index (Phi) is 7.27. The lowest BCUT2D eigenvalue weighted by Crippen LogP contribution is -2.37. The van der Waals surface area contributed by atoms with Gasteiger partial charge in [-0.3, -0.25) is 4.79 Å². The molecule has 0 aliphatic carbocycles. The Hall–Kier alpha value is -2.23. The quantitative estimate of drug-likeness (QED) is 0.656. The predicted molar refractivity (Wildman–Crippen MR) is 128 cm³/mol. The molecule has 0 atom stereocenters. The van der Waals surface area contributed by atoms with Gasteiger partial charge in [-0.05, 0) is 50.1 Å². The van der Waals surface area contributed by atoms with Crippen molar-refractivity contribution in [1.82, 2.24) is 4.31 Å². The molecule has 0 bridgehead atoms. The Morgan fingerprint density at radius 3 is 2.66 bits per heavy atom. The zero-order valence-electron chi connectivity index (χ0n) is 18.2. The average molecular weight is 476 g/mol. The summed E-state index contributed by atoms with van der Waals surface area (Å²) in [4.78, 5) is 16.1. The summed E-state index contributed by atoms with van der Waals surface area (Å²) in [5, 5.41) is 2.88. The highest BCUT2D eigenvalue weighted by molar-refractivity contribution is 7.99. The van der Waals surface area contributed by atoms with Gasteiger partial charge >= 0.3 is 0 Å². The Morgan fingerprint density at radius 1 is 1.09 bits per heavy atom. The Morgan fingerprint density at radius 2 is 1.88 bits per heavy atom. The summed E-state index contributed by atoms with van der Waals surface area (Å²) in [5.74, 6) is 1.06. The van der Waals surface area contributed by atoms with E-state index in [1.54, 1.807) is 23.9 Å². The minimum absolute atomic E-state index is 0.110. The molecule has 7 nitrogen and oxygen atoms in total. The van der Waals surface area contributed by atoms with E-state index in [1.165, 1.54) is 15.3 Å². The summed E-state index contributed by atoms with van der Waals surface area (Å²) in [6.45, 7) is 4.20. The Labute approximate surface area is 194 Å². The lowest BCUT2D eigenvalue weighted by atomic mass is 10.2. The third kappa shape index (κ3) is 5.05. The molecule has 0 radical (unpaired) electrons. The van der Waals surface area contributed by atoms with Gasteiger partial charge in [-0.1, -0.05) is 18.6 Å². The molecule has 2 aromatic carbocycles. The molecule has 1 N–H and O–H groups in total. The van der Waals surface area contributed by atoms with Gasteiger partial charge in [0.05, 0.1) is 18.8 Å². The van der Waals surface area contributed by atoms with Gasteiger partial charge in [0, 0.05) is 36.0 Å². The number of sulfonamides is 1. The van der Waals surface area contributed by atoms with E-state index in [0.29, 0.717) is 31.1 Å². The number of hydrogen-bond donors (Lipinski definition) is 1. The van der Waals surface area contributed by atoms with Gasteiger partial charge in [-0.2, -0.15) is 4.31 Å². The first kappa shape index (κ1) is 22.9. The van der Waals surface area contributed by atoms with Crippen molar-refractivity contribution in [3.63, 3.8) is 0 Å². The van der Waals surface area contributed by atoms with Gasteiger partial charge in [0.25, 0.3) is 0 Å². The Bertz CT molecular complexity index is 1070. The minimum atomic E-state index is -3.70. The van der Waals surface area contributed by atoms with Crippen molar-refractivity contribution in [3.8, 4) is 5.75 Å². The third-order valence-electron chi connectivity index (χ3n) is 5.62. The van der Waals surface area contributed by atoms with Gasteiger partial charge in [0.1, 0.15) is 10.6 Å². The zero-order valence-corrected chi connectivity index (χ0v) is 19.9. The molecule has 4 rings (SSSR count). The summed E-state index contributed by atoms with van der Waals surface area (Å²) in [6, 6.07) is 12.9. The van der Waals surface area contributed by atoms with E-state index in [1.807, 2.05) is 25.1 Å². The monoisotopic (exact) mass is 475 g/mol. The van der Waals surface area contributed by atoms with Crippen LogP contribution in [0.5, 0.6) is 5.75 Å². The molecule has 9 heteroatoms. The summed E-state index contributed by atoms with van der Waals surface area (Å²) >= 11 is 1.79. The molecule has 0 spiro atoms. The van der Waals surface area contributed by atoms with Crippen molar-refractivity contribution in [1.29, 1.82) is 0 Å². The highest BCUT2D eigenvalue weighted by Gasteiger charge is 2.29. The van der Waals surface area contributed by atoms with E-state index < -0.39 is 10.0 Å². The van der Waals surface area contributed by atoms with E-state index in [2.05, 4.69) is 16.3 Å². The van der Waals surface area contributed by atoms with Crippen molar-refractivity contribution < 1.29 is 17.9 Å². The fraction of sp³-hybridized carbons (Fsp3) is 0.435. The topological polar surface area (TPSA) is 79.0 Å². The minimum Gasteiger partial charge on any atom is -0.492 e. The van der Waals surface area contributed by atoms with E-state index in [0.717, 1.165) is 37.2 Å². The number of para-hydroxylation sites is 1. The lowest BCUT2D eigenvalue weighted by Gasteiger charge is -2.30. The number of ether oxygens (including phenoxy) is 1. The first-order valence-corrected chi connectivity index (χ1v) is 13.4. The summed E-state index contributed by atoms with van der Waals surface area (Å²) in [5.41, 5.74) is 1.51. The third-order valence-corrected chi connectivity index (χ3v) is 8.58. The molecule has 0 aromatic heterocycles. The molecule has 0 unspecified atom stereocenters. The number of carbonyl (C=O) groups is 1. The SMILES string of the molecule is CCOc1ccc(NC(=O)CN2CCSc3ccccc32)cc1S(=O)(=O)N1CCCCC1. The van der Waals surface area contributed by atoms with Crippen molar-refractivity contribution in [2.45, 2.75) is 36.0 Å². The van der Waals surface area contributed by atoms with Crippen molar-refractivity contribution >= 4 is 39.1 Å². The molecule has 2 aliphatic heterocycles. The molecule has 32 heavy (non-hydrogen) atoms. The van der Waals surface area contributed by atoms with Crippen molar-refractivity contribution in [2.75, 3.05) is 48.8 Å². The maximum atomic E-state index is 13.3. The maximum absolute atomic E-state index is 13.3.